The first kappa shape index (κ1) is 11.8. The lowest BCUT2D eigenvalue weighted by atomic mass is 9.96. The van der Waals surface area contributed by atoms with E-state index in [9.17, 15) is 0 Å². The molecule has 0 saturated heterocycles. The number of hydrogen-bond acceptors (Lipinski definition) is 2. The summed E-state index contributed by atoms with van der Waals surface area (Å²) in [4.78, 5) is 0. The van der Waals surface area contributed by atoms with E-state index in [1.165, 1.54) is 18.8 Å². The van der Waals surface area contributed by atoms with Crippen molar-refractivity contribution in [1.29, 1.82) is 0 Å². The van der Waals surface area contributed by atoms with Crippen molar-refractivity contribution in [3.63, 3.8) is 0 Å². The van der Waals surface area contributed by atoms with Crippen molar-refractivity contribution in [3.05, 3.63) is 47.7 Å². The molecule has 87 valence electrons. The Balaban J connectivity index is 2.43. The van der Waals surface area contributed by atoms with Gasteiger partial charge in [0.25, 0.3) is 0 Å². The van der Waals surface area contributed by atoms with Crippen molar-refractivity contribution in [1.82, 2.24) is 0 Å². The van der Waals surface area contributed by atoms with Crippen LogP contribution in [0.5, 0.6) is 0 Å². The summed E-state index contributed by atoms with van der Waals surface area (Å²) in [7, 11) is 1.35. The SMILES string of the molecule is CCC=C(CC)c1ccccc1C1=CO[B]O1. The Hall–Kier alpha value is -1.64. The van der Waals surface area contributed by atoms with E-state index in [-0.39, 0.29) is 0 Å². The summed E-state index contributed by atoms with van der Waals surface area (Å²) in [5.41, 5.74) is 3.66. The van der Waals surface area contributed by atoms with E-state index >= 15 is 0 Å². The Morgan fingerprint density at radius 3 is 2.76 bits per heavy atom. The zero-order valence-electron chi connectivity index (χ0n) is 10.3. The molecule has 2 nitrogen and oxygen atoms in total. The van der Waals surface area contributed by atoms with Crippen LogP contribution in [0, 0.1) is 0 Å². The molecule has 0 amide bonds. The summed E-state index contributed by atoms with van der Waals surface area (Å²) < 4.78 is 10.4. The number of hydrogen-bond donors (Lipinski definition) is 0. The van der Waals surface area contributed by atoms with Gasteiger partial charge in [-0.15, -0.1) is 0 Å². The van der Waals surface area contributed by atoms with Gasteiger partial charge in [-0.05, 0) is 24.0 Å². The van der Waals surface area contributed by atoms with Gasteiger partial charge in [0.05, 0.1) is 0 Å². The maximum absolute atomic E-state index is 5.34. The van der Waals surface area contributed by atoms with E-state index in [0.29, 0.717) is 0 Å². The zero-order chi connectivity index (χ0) is 12.1. The van der Waals surface area contributed by atoms with E-state index in [0.717, 1.165) is 24.2 Å². The number of rotatable bonds is 4. The topological polar surface area (TPSA) is 18.5 Å². The van der Waals surface area contributed by atoms with Gasteiger partial charge in [-0.2, -0.15) is 0 Å². The Morgan fingerprint density at radius 2 is 2.12 bits per heavy atom. The minimum atomic E-state index is 0.774. The first-order chi connectivity index (χ1) is 8.36. The average Bonchev–Trinajstić information content (AvgIpc) is 2.90. The highest BCUT2D eigenvalue weighted by atomic mass is 16.6. The summed E-state index contributed by atoms with van der Waals surface area (Å²) in [5, 5.41) is 0. The number of benzene rings is 1. The predicted molar refractivity (Wildman–Crippen MR) is 70.9 cm³/mol. The highest BCUT2D eigenvalue weighted by Crippen LogP contribution is 2.29. The van der Waals surface area contributed by atoms with Crippen molar-refractivity contribution >= 4 is 19.0 Å². The summed E-state index contributed by atoms with van der Waals surface area (Å²) in [6.07, 6.45) is 5.96. The highest BCUT2D eigenvalue weighted by molar-refractivity contribution is 6.22. The Kier molecular flexibility index (Phi) is 3.91. The van der Waals surface area contributed by atoms with Crippen LogP contribution in [0.4, 0.5) is 0 Å². The minimum Gasteiger partial charge on any atom is -0.529 e. The lowest BCUT2D eigenvalue weighted by Crippen LogP contribution is -1.95. The van der Waals surface area contributed by atoms with Crippen LogP contribution in [0.1, 0.15) is 37.8 Å². The molecule has 0 atom stereocenters. The van der Waals surface area contributed by atoms with Gasteiger partial charge in [-0.3, -0.25) is 0 Å². The lowest BCUT2D eigenvalue weighted by molar-refractivity contribution is 0.454. The molecule has 0 bridgehead atoms. The second-order valence-corrected chi connectivity index (χ2v) is 3.87. The molecule has 2 rings (SSSR count). The maximum Gasteiger partial charge on any atom is 0.657 e. The van der Waals surface area contributed by atoms with Crippen molar-refractivity contribution in [3.8, 4) is 0 Å². The fraction of sp³-hybridized carbons (Fsp3) is 0.286. The van der Waals surface area contributed by atoms with Crippen LogP contribution in [0.25, 0.3) is 11.3 Å². The van der Waals surface area contributed by atoms with Gasteiger partial charge in [0.15, 0.2) is 0 Å². The Morgan fingerprint density at radius 1 is 1.29 bits per heavy atom. The van der Waals surface area contributed by atoms with E-state index in [1.807, 2.05) is 6.07 Å². The van der Waals surface area contributed by atoms with Gasteiger partial charge in [0.1, 0.15) is 12.0 Å². The van der Waals surface area contributed by atoms with Gasteiger partial charge in [-0.1, -0.05) is 44.2 Å². The Bertz CT molecular complexity index is 449. The van der Waals surface area contributed by atoms with E-state index in [1.54, 1.807) is 6.26 Å². The molecule has 0 N–H and O–H groups in total. The fourth-order valence-electron chi connectivity index (χ4n) is 1.99. The van der Waals surface area contributed by atoms with Crippen LogP contribution in [-0.4, -0.2) is 7.69 Å². The minimum absolute atomic E-state index is 0.774. The van der Waals surface area contributed by atoms with Crippen LogP contribution >= 0.6 is 0 Å². The molecule has 1 aromatic rings. The molecule has 0 fully saturated rings. The molecule has 17 heavy (non-hydrogen) atoms. The molecule has 1 aromatic carbocycles. The Labute approximate surface area is 103 Å². The van der Waals surface area contributed by atoms with Gasteiger partial charge in [0.2, 0.25) is 0 Å². The molecule has 1 aliphatic heterocycles. The van der Waals surface area contributed by atoms with Crippen molar-refractivity contribution in [2.45, 2.75) is 26.7 Å². The second kappa shape index (κ2) is 5.62. The van der Waals surface area contributed by atoms with Gasteiger partial charge < -0.3 is 9.31 Å². The highest BCUT2D eigenvalue weighted by Gasteiger charge is 2.16. The van der Waals surface area contributed by atoms with E-state index in [4.69, 9.17) is 9.31 Å². The van der Waals surface area contributed by atoms with Crippen LogP contribution in [-0.2, 0) is 9.31 Å². The molecule has 0 spiro atoms. The molecular formula is C14H16BO2. The average molecular weight is 227 g/mol. The molecule has 0 saturated carbocycles. The quantitative estimate of drug-likeness (QED) is 0.729. The van der Waals surface area contributed by atoms with E-state index in [2.05, 4.69) is 38.1 Å². The van der Waals surface area contributed by atoms with Gasteiger partial charge in [0, 0.05) is 5.56 Å². The van der Waals surface area contributed by atoms with Crippen LogP contribution in [0.2, 0.25) is 0 Å². The van der Waals surface area contributed by atoms with Crippen molar-refractivity contribution in [2.24, 2.45) is 0 Å². The summed E-state index contributed by atoms with van der Waals surface area (Å²) in [6, 6.07) is 8.25. The summed E-state index contributed by atoms with van der Waals surface area (Å²) in [5.74, 6) is 0.774. The standard InChI is InChI=1S/C14H16BO2/c1-3-7-11(4-2)12-8-5-6-9-13(12)14-10-16-15-17-14/h5-10H,3-4H2,1-2H3. The summed E-state index contributed by atoms with van der Waals surface area (Å²) in [6.45, 7) is 4.32. The van der Waals surface area contributed by atoms with Crippen molar-refractivity contribution in [2.75, 3.05) is 0 Å². The van der Waals surface area contributed by atoms with Gasteiger partial charge in [-0.25, -0.2) is 0 Å². The van der Waals surface area contributed by atoms with Crippen LogP contribution in [0.15, 0.2) is 36.6 Å². The monoisotopic (exact) mass is 227 g/mol. The fourth-order valence-corrected chi connectivity index (χ4v) is 1.99. The summed E-state index contributed by atoms with van der Waals surface area (Å²) >= 11 is 0. The van der Waals surface area contributed by atoms with Crippen LogP contribution < -0.4 is 0 Å². The largest absolute Gasteiger partial charge is 0.657 e. The van der Waals surface area contributed by atoms with Crippen molar-refractivity contribution < 1.29 is 9.31 Å². The van der Waals surface area contributed by atoms with E-state index < -0.39 is 0 Å². The first-order valence-corrected chi connectivity index (χ1v) is 5.99. The lowest BCUT2D eigenvalue weighted by Gasteiger charge is -2.12. The number of allylic oxidation sites excluding steroid dienone is 2. The van der Waals surface area contributed by atoms with Crippen LogP contribution in [0.3, 0.4) is 0 Å². The predicted octanol–water partition coefficient (Wildman–Crippen LogP) is 3.77. The smallest absolute Gasteiger partial charge is 0.529 e. The molecule has 1 radical (unpaired) electrons. The molecule has 0 aliphatic carbocycles. The zero-order valence-corrected chi connectivity index (χ0v) is 10.3. The molecule has 0 unspecified atom stereocenters. The molecule has 1 heterocycles. The maximum atomic E-state index is 5.34. The third-order valence-electron chi connectivity index (χ3n) is 2.78. The third kappa shape index (κ3) is 2.55. The molecule has 1 aliphatic rings. The second-order valence-electron chi connectivity index (χ2n) is 3.87. The molecular weight excluding hydrogens is 211 g/mol. The van der Waals surface area contributed by atoms with Gasteiger partial charge >= 0.3 is 7.69 Å². The molecule has 0 aromatic heterocycles. The molecule has 3 heteroatoms. The normalized spacial score (nSPS) is 14.7. The first-order valence-electron chi connectivity index (χ1n) is 5.99. The third-order valence-corrected chi connectivity index (χ3v) is 2.78.